The van der Waals surface area contributed by atoms with Crippen molar-refractivity contribution in [1.29, 1.82) is 0 Å². The lowest BCUT2D eigenvalue weighted by Gasteiger charge is -2.14. The summed E-state index contributed by atoms with van der Waals surface area (Å²) in [7, 11) is 0. The highest BCUT2D eigenvalue weighted by atomic mass is 127. The van der Waals surface area contributed by atoms with Crippen LogP contribution in [-0.4, -0.2) is 28.0 Å². The summed E-state index contributed by atoms with van der Waals surface area (Å²) in [4.78, 5) is 27.0. The Kier molecular flexibility index (Phi) is 4.84. The van der Waals surface area contributed by atoms with Crippen molar-refractivity contribution in [2.45, 2.75) is 12.5 Å². The second-order valence-electron chi connectivity index (χ2n) is 5.44. The van der Waals surface area contributed by atoms with Gasteiger partial charge >= 0.3 is 5.97 Å². The van der Waals surface area contributed by atoms with E-state index in [2.05, 4.69) is 32.9 Å². The number of amides is 1. The summed E-state index contributed by atoms with van der Waals surface area (Å²) >= 11 is 2.11. The normalized spacial score (nSPS) is 12.0. The van der Waals surface area contributed by atoms with Gasteiger partial charge in [-0.15, -0.1) is 0 Å². The summed E-state index contributed by atoms with van der Waals surface area (Å²) < 4.78 is 0.920. The van der Waals surface area contributed by atoms with Crippen LogP contribution in [0.4, 0.5) is 0 Å². The maximum Gasteiger partial charge on any atom is 0.326 e. The van der Waals surface area contributed by atoms with Crippen LogP contribution in [0.5, 0.6) is 0 Å². The van der Waals surface area contributed by atoms with E-state index >= 15 is 0 Å². The van der Waals surface area contributed by atoms with Crippen molar-refractivity contribution in [1.82, 2.24) is 10.3 Å². The number of nitrogens with one attached hydrogen (secondary N) is 2. The molecule has 0 bridgehead atoms. The Bertz CT molecular complexity index is 904. The smallest absolute Gasteiger partial charge is 0.326 e. The standard InChI is InChI=1S/C18H15IN2O3/c19-13-5-3-4-11(8-13)17(22)21-16(18(23)24)9-12-10-20-15-7-2-1-6-14(12)15/h1-8,10,16,20H,9H2,(H,21,22)(H,23,24)/t16-/m0/s1. The Morgan fingerprint density at radius 2 is 1.96 bits per heavy atom. The molecule has 3 rings (SSSR count). The van der Waals surface area contributed by atoms with E-state index < -0.39 is 12.0 Å². The van der Waals surface area contributed by atoms with E-state index in [9.17, 15) is 14.7 Å². The molecule has 3 N–H and O–H groups in total. The van der Waals surface area contributed by atoms with Crippen LogP contribution < -0.4 is 5.32 Å². The summed E-state index contributed by atoms with van der Waals surface area (Å²) in [6.45, 7) is 0. The lowest BCUT2D eigenvalue weighted by molar-refractivity contribution is -0.139. The fourth-order valence-electron chi connectivity index (χ4n) is 2.59. The van der Waals surface area contributed by atoms with E-state index in [4.69, 9.17) is 0 Å². The Morgan fingerprint density at radius 1 is 1.17 bits per heavy atom. The molecule has 122 valence electrons. The molecule has 0 saturated carbocycles. The lowest BCUT2D eigenvalue weighted by Crippen LogP contribution is -2.42. The SMILES string of the molecule is O=C(N[C@@H](Cc1c[nH]c2ccccc12)C(=O)O)c1cccc(I)c1. The molecule has 1 heterocycles. The van der Waals surface area contributed by atoms with Gasteiger partial charge in [-0.05, 0) is 52.4 Å². The van der Waals surface area contributed by atoms with E-state index in [0.717, 1.165) is 20.0 Å². The zero-order chi connectivity index (χ0) is 17.1. The highest BCUT2D eigenvalue weighted by Crippen LogP contribution is 2.19. The number of carboxylic acids is 1. The Balaban J connectivity index is 1.80. The first-order valence-corrected chi connectivity index (χ1v) is 8.46. The van der Waals surface area contributed by atoms with Gasteiger partial charge in [0.15, 0.2) is 0 Å². The summed E-state index contributed by atoms with van der Waals surface area (Å²) in [5.41, 5.74) is 2.26. The van der Waals surface area contributed by atoms with Crippen LogP contribution in [0, 0.1) is 3.57 Å². The van der Waals surface area contributed by atoms with Crippen molar-refractivity contribution in [2.75, 3.05) is 0 Å². The van der Waals surface area contributed by atoms with Crippen LogP contribution in [-0.2, 0) is 11.2 Å². The predicted molar refractivity (Wildman–Crippen MR) is 100 cm³/mol. The van der Waals surface area contributed by atoms with E-state index in [0.29, 0.717) is 5.56 Å². The quantitative estimate of drug-likeness (QED) is 0.540. The number of carbonyl (C=O) groups is 2. The van der Waals surface area contributed by atoms with Crippen LogP contribution in [0.2, 0.25) is 0 Å². The second kappa shape index (κ2) is 7.04. The van der Waals surface area contributed by atoms with E-state index in [1.165, 1.54) is 0 Å². The number of H-pyrrole nitrogens is 1. The molecule has 0 aliphatic carbocycles. The average molecular weight is 434 g/mol. The van der Waals surface area contributed by atoms with Gasteiger partial charge in [0.1, 0.15) is 6.04 Å². The number of benzene rings is 2. The molecular weight excluding hydrogens is 419 g/mol. The summed E-state index contributed by atoms with van der Waals surface area (Å²) in [6, 6.07) is 13.7. The highest BCUT2D eigenvalue weighted by molar-refractivity contribution is 14.1. The van der Waals surface area contributed by atoms with Crippen molar-refractivity contribution in [3.63, 3.8) is 0 Å². The summed E-state index contributed by atoms with van der Waals surface area (Å²) in [5, 5.41) is 13.0. The number of halogens is 1. The fourth-order valence-corrected chi connectivity index (χ4v) is 3.13. The Morgan fingerprint density at radius 3 is 2.71 bits per heavy atom. The molecule has 2 aromatic carbocycles. The van der Waals surface area contributed by atoms with Gasteiger partial charge in [0.25, 0.3) is 5.91 Å². The molecule has 0 aliphatic heterocycles. The molecule has 1 atom stereocenters. The molecule has 0 fully saturated rings. The number of hydrogen-bond acceptors (Lipinski definition) is 2. The van der Waals surface area contributed by atoms with Crippen LogP contribution in [0.3, 0.4) is 0 Å². The molecule has 0 aliphatic rings. The molecule has 0 radical (unpaired) electrons. The van der Waals surface area contributed by atoms with Gasteiger partial charge in [0.05, 0.1) is 0 Å². The van der Waals surface area contributed by atoms with Gasteiger partial charge < -0.3 is 15.4 Å². The van der Waals surface area contributed by atoms with Gasteiger partial charge in [-0.2, -0.15) is 0 Å². The molecule has 5 nitrogen and oxygen atoms in total. The van der Waals surface area contributed by atoms with Crippen molar-refractivity contribution >= 4 is 45.4 Å². The topological polar surface area (TPSA) is 82.2 Å². The van der Waals surface area contributed by atoms with Crippen molar-refractivity contribution < 1.29 is 14.7 Å². The van der Waals surface area contributed by atoms with Crippen LogP contribution >= 0.6 is 22.6 Å². The van der Waals surface area contributed by atoms with Crippen molar-refractivity contribution in [3.8, 4) is 0 Å². The molecule has 1 aromatic heterocycles. The molecule has 0 saturated heterocycles. The zero-order valence-electron chi connectivity index (χ0n) is 12.6. The number of para-hydroxylation sites is 1. The second-order valence-corrected chi connectivity index (χ2v) is 6.68. The zero-order valence-corrected chi connectivity index (χ0v) is 14.8. The van der Waals surface area contributed by atoms with Crippen LogP contribution in [0.15, 0.2) is 54.7 Å². The maximum atomic E-state index is 12.3. The molecule has 6 heteroatoms. The maximum absolute atomic E-state index is 12.3. The minimum atomic E-state index is -1.06. The van der Waals surface area contributed by atoms with Gasteiger partial charge in [-0.1, -0.05) is 24.3 Å². The van der Waals surface area contributed by atoms with E-state index in [-0.39, 0.29) is 12.3 Å². The molecule has 0 spiro atoms. The number of fused-ring (bicyclic) bond motifs is 1. The fraction of sp³-hybridized carbons (Fsp3) is 0.111. The first-order valence-electron chi connectivity index (χ1n) is 7.39. The number of rotatable bonds is 5. The number of aromatic amines is 1. The Labute approximate surface area is 152 Å². The molecular formula is C18H15IN2O3. The molecule has 24 heavy (non-hydrogen) atoms. The minimum absolute atomic E-state index is 0.217. The number of hydrogen-bond donors (Lipinski definition) is 3. The molecule has 0 unspecified atom stereocenters. The first kappa shape index (κ1) is 16.5. The predicted octanol–water partition coefficient (Wildman–Crippen LogP) is 3.20. The number of aromatic nitrogens is 1. The first-order chi connectivity index (χ1) is 11.5. The highest BCUT2D eigenvalue weighted by Gasteiger charge is 2.22. The summed E-state index contributed by atoms with van der Waals surface area (Å²) in [5.74, 6) is -1.44. The van der Waals surface area contributed by atoms with Crippen molar-refractivity contribution in [3.05, 3.63) is 69.4 Å². The Hall–Kier alpha value is -2.35. The van der Waals surface area contributed by atoms with Crippen molar-refractivity contribution in [2.24, 2.45) is 0 Å². The third kappa shape index (κ3) is 3.59. The number of aliphatic carboxylic acids is 1. The van der Waals surface area contributed by atoms with Crippen LogP contribution in [0.1, 0.15) is 15.9 Å². The van der Waals surface area contributed by atoms with Gasteiger partial charge in [0.2, 0.25) is 0 Å². The summed E-state index contributed by atoms with van der Waals surface area (Å²) in [6.07, 6.45) is 2.01. The van der Waals surface area contributed by atoms with Gasteiger partial charge in [-0.25, -0.2) is 4.79 Å². The lowest BCUT2D eigenvalue weighted by atomic mass is 10.0. The average Bonchev–Trinajstić information content (AvgIpc) is 2.97. The third-order valence-electron chi connectivity index (χ3n) is 3.79. The molecule has 1 amide bonds. The van der Waals surface area contributed by atoms with Crippen LogP contribution in [0.25, 0.3) is 10.9 Å². The van der Waals surface area contributed by atoms with Gasteiger partial charge in [0, 0.05) is 32.7 Å². The number of carbonyl (C=O) groups excluding carboxylic acids is 1. The van der Waals surface area contributed by atoms with E-state index in [1.807, 2.05) is 30.3 Å². The largest absolute Gasteiger partial charge is 0.480 e. The monoisotopic (exact) mass is 434 g/mol. The van der Waals surface area contributed by atoms with E-state index in [1.54, 1.807) is 24.4 Å². The minimum Gasteiger partial charge on any atom is -0.480 e. The molecule has 3 aromatic rings. The third-order valence-corrected chi connectivity index (χ3v) is 4.46. The number of carboxylic acid groups (broad SMARTS) is 1. The van der Waals surface area contributed by atoms with Gasteiger partial charge in [-0.3, -0.25) is 4.79 Å².